The molecule has 2 unspecified atom stereocenters. The fourth-order valence-corrected chi connectivity index (χ4v) is 6.51. The van der Waals surface area contributed by atoms with Crippen molar-refractivity contribution in [3.05, 3.63) is 0 Å². The average molecular weight is 176 g/mol. The van der Waals surface area contributed by atoms with Crippen LogP contribution in [-0.4, -0.2) is 20.2 Å². The van der Waals surface area contributed by atoms with Crippen molar-refractivity contribution in [2.24, 2.45) is 0 Å². The summed E-state index contributed by atoms with van der Waals surface area (Å²) in [6.45, 7) is 5.31. The van der Waals surface area contributed by atoms with E-state index in [0.29, 0.717) is 5.25 Å². The zero-order valence-electron chi connectivity index (χ0n) is 6.76. The first-order valence-electron chi connectivity index (χ1n) is 3.98. The van der Waals surface area contributed by atoms with E-state index in [0.717, 1.165) is 6.61 Å². The zero-order chi connectivity index (χ0) is 7.61. The standard InChI is InChI=1S/C7H16OSSi/c1-3-8-10(2)5-4-7(9)6-10/h7,9H,3-6H2,1-2H3. The molecule has 0 spiro atoms. The quantitative estimate of drug-likeness (QED) is 0.502. The van der Waals surface area contributed by atoms with Crippen LogP contribution in [0.15, 0.2) is 0 Å². The lowest BCUT2D eigenvalue weighted by Crippen LogP contribution is -2.30. The van der Waals surface area contributed by atoms with E-state index in [1.54, 1.807) is 0 Å². The summed E-state index contributed by atoms with van der Waals surface area (Å²) in [5, 5.41) is 0.628. The highest BCUT2D eigenvalue weighted by molar-refractivity contribution is 7.81. The molecule has 1 heterocycles. The summed E-state index contributed by atoms with van der Waals surface area (Å²) in [5.41, 5.74) is 0. The fourth-order valence-electron chi connectivity index (χ4n) is 1.65. The van der Waals surface area contributed by atoms with Crippen molar-refractivity contribution in [2.45, 2.75) is 37.2 Å². The molecule has 0 aromatic rings. The Labute approximate surface area is 69.7 Å². The third kappa shape index (κ3) is 2.00. The normalized spacial score (nSPS) is 40.5. The second-order valence-corrected chi connectivity index (χ2v) is 8.11. The predicted molar refractivity (Wildman–Crippen MR) is 50.2 cm³/mol. The van der Waals surface area contributed by atoms with Gasteiger partial charge in [-0.15, -0.1) is 0 Å². The molecule has 10 heavy (non-hydrogen) atoms. The van der Waals surface area contributed by atoms with Gasteiger partial charge in [0, 0.05) is 11.9 Å². The highest BCUT2D eigenvalue weighted by Crippen LogP contribution is 2.33. The molecule has 1 fully saturated rings. The van der Waals surface area contributed by atoms with Crippen LogP contribution in [0.5, 0.6) is 0 Å². The van der Waals surface area contributed by atoms with Gasteiger partial charge in [0.25, 0.3) is 0 Å². The number of hydrogen-bond acceptors (Lipinski definition) is 2. The van der Waals surface area contributed by atoms with Crippen LogP contribution in [0.4, 0.5) is 0 Å². The summed E-state index contributed by atoms with van der Waals surface area (Å²) < 4.78 is 5.75. The molecule has 0 aliphatic carbocycles. The maximum Gasteiger partial charge on any atom is 0.190 e. The van der Waals surface area contributed by atoms with E-state index in [2.05, 4.69) is 26.1 Å². The van der Waals surface area contributed by atoms with Gasteiger partial charge in [-0.05, 0) is 32.0 Å². The molecule has 0 saturated carbocycles. The number of rotatable bonds is 2. The summed E-state index contributed by atoms with van der Waals surface area (Å²) in [5.74, 6) is 0. The number of hydrogen-bond donors (Lipinski definition) is 1. The van der Waals surface area contributed by atoms with Gasteiger partial charge in [0.15, 0.2) is 8.32 Å². The molecular formula is C7H16OSSi. The van der Waals surface area contributed by atoms with Crippen molar-refractivity contribution in [1.29, 1.82) is 0 Å². The zero-order valence-corrected chi connectivity index (χ0v) is 8.66. The first kappa shape index (κ1) is 8.62. The second-order valence-electron chi connectivity index (χ2n) is 3.28. The SMILES string of the molecule is CCO[Si]1(C)CCC(S)C1. The van der Waals surface area contributed by atoms with Gasteiger partial charge in [0.1, 0.15) is 0 Å². The van der Waals surface area contributed by atoms with E-state index in [9.17, 15) is 0 Å². The van der Waals surface area contributed by atoms with E-state index < -0.39 is 8.32 Å². The Kier molecular flexibility index (Phi) is 2.83. The Morgan fingerprint density at radius 3 is 2.80 bits per heavy atom. The monoisotopic (exact) mass is 176 g/mol. The van der Waals surface area contributed by atoms with E-state index in [1.807, 2.05) is 0 Å². The third-order valence-corrected chi connectivity index (χ3v) is 6.64. The van der Waals surface area contributed by atoms with Crippen molar-refractivity contribution in [3.8, 4) is 0 Å². The van der Waals surface area contributed by atoms with Crippen molar-refractivity contribution in [3.63, 3.8) is 0 Å². The topological polar surface area (TPSA) is 9.23 Å². The van der Waals surface area contributed by atoms with Gasteiger partial charge in [-0.1, -0.05) is 0 Å². The van der Waals surface area contributed by atoms with Crippen LogP contribution in [0.2, 0.25) is 18.6 Å². The van der Waals surface area contributed by atoms with Crippen LogP contribution in [0, 0.1) is 0 Å². The minimum atomic E-state index is -1.23. The van der Waals surface area contributed by atoms with Crippen LogP contribution in [0.3, 0.4) is 0 Å². The van der Waals surface area contributed by atoms with Crippen molar-refractivity contribution < 1.29 is 4.43 Å². The summed E-state index contributed by atoms with van der Waals surface area (Å²) in [6, 6.07) is 2.57. The van der Waals surface area contributed by atoms with E-state index >= 15 is 0 Å². The molecule has 0 radical (unpaired) electrons. The van der Waals surface area contributed by atoms with Crippen LogP contribution >= 0.6 is 12.6 Å². The molecule has 0 N–H and O–H groups in total. The molecule has 1 aliphatic heterocycles. The highest BCUT2D eigenvalue weighted by Gasteiger charge is 2.36. The largest absolute Gasteiger partial charge is 0.417 e. The van der Waals surface area contributed by atoms with Crippen LogP contribution in [0.25, 0.3) is 0 Å². The molecule has 1 saturated heterocycles. The molecule has 2 atom stereocenters. The first-order chi connectivity index (χ1) is 4.66. The smallest absolute Gasteiger partial charge is 0.190 e. The summed E-state index contributed by atoms with van der Waals surface area (Å²) in [7, 11) is -1.23. The molecule has 3 heteroatoms. The minimum Gasteiger partial charge on any atom is -0.417 e. The highest BCUT2D eigenvalue weighted by atomic mass is 32.1. The Balaban J connectivity index is 2.38. The molecule has 1 nitrogen and oxygen atoms in total. The van der Waals surface area contributed by atoms with Crippen LogP contribution < -0.4 is 0 Å². The van der Waals surface area contributed by atoms with Crippen molar-refractivity contribution in [2.75, 3.05) is 6.61 Å². The maximum absolute atomic E-state index is 5.75. The average Bonchev–Trinajstić information content (AvgIpc) is 2.12. The maximum atomic E-state index is 5.75. The Morgan fingerprint density at radius 1 is 1.70 bits per heavy atom. The van der Waals surface area contributed by atoms with Gasteiger partial charge in [0.2, 0.25) is 0 Å². The lowest BCUT2D eigenvalue weighted by molar-refractivity contribution is 0.329. The summed E-state index contributed by atoms with van der Waals surface area (Å²) in [6.07, 6.45) is 1.27. The molecule has 0 amide bonds. The fraction of sp³-hybridized carbons (Fsp3) is 1.00. The Hall–Kier alpha value is 0.527. The lowest BCUT2D eigenvalue weighted by Gasteiger charge is -2.20. The molecule has 1 aliphatic rings. The van der Waals surface area contributed by atoms with Gasteiger partial charge < -0.3 is 4.43 Å². The van der Waals surface area contributed by atoms with Crippen molar-refractivity contribution in [1.82, 2.24) is 0 Å². The van der Waals surface area contributed by atoms with Gasteiger partial charge in [0.05, 0.1) is 0 Å². The molecule has 0 aromatic carbocycles. The van der Waals surface area contributed by atoms with Gasteiger partial charge in [-0.25, -0.2) is 0 Å². The third-order valence-electron chi connectivity index (χ3n) is 2.17. The minimum absolute atomic E-state index is 0.628. The molecule has 1 rings (SSSR count). The van der Waals surface area contributed by atoms with Gasteiger partial charge >= 0.3 is 0 Å². The Bertz CT molecular complexity index is 116. The molecular weight excluding hydrogens is 160 g/mol. The van der Waals surface area contributed by atoms with Crippen molar-refractivity contribution >= 4 is 20.9 Å². The second kappa shape index (κ2) is 3.28. The predicted octanol–water partition coefficient (Wildman–Crippen LogP) is 2.30. The molecule has 60 valence electrons. The molecule has 0 aromatic heterocycles. The van der Waals surface area contributed by atoms with E-state index in [1.165, 1.54) is 18.5 Å². The first-order valence-corrected chi connectivity index (χ1v) is 7.32. The van der Waals surface area contributed by atoms with Crippen LogP contribution in [0.1, 0.15) is 13.3 Å². The van der Waals surface area contributed by atoms with Crippen LogP contribution in [-0.2, 0) is 4.43 Å². The lowest BCUT2D eigenvalue weighted by atomic mass is 10.4. The summed E-state index contributed by atoms with van der Waals surface area (Å²) in [4.78, 5) is 0. The van der Waals surface area contributed by atoms with Gasteiger partial charge in [-0.3, -0.25) is 0 Å². The Morgan fingerprint density at radius 2 is 2.40 bits per heavy atom. The van der Waals surface area contributed by atoms with E-state index in [4.69, 9.17) is 4.43 Å². The molecule has 0 bridgehead atoms. The van der Waals surface area contributed by atoms with Gasteiger partial charge in [-0.2, -0.15) is 12.6 Å². The van der Waals surface area contributed by atoms with E-state index in [-0.39, 0.29) is 0 Å². The summed E-state index contributed by atoms with van der Waals surface area (Å²) >= 11 is 4.45. The number of thiol groups is 1.